The molecule has 3 N–H and O–H groups in total. The summed E-state index contributed by atoms with van der Waals surface area (Å²) in [6.07, 6.45) is 2.30. The first-order valence-electron chi connectivity index (χ1n) is 4.69. The number of likely N-dealkylation sites (tertiary alicyclic amines) is 1. The summed E-state index contributed by atoms with van der Waals surface area (Å²) >= 11 is 0. The van der Waals surface area contributed by atoms with E-state index in [4.69, 9.17) is 10.8 Å². The summed E-state index contributed by atoms with van der Waals surface area (Å²) in [5.41, 5.74) is 5.73. The number of aliphatic hydroxyl groups excluding tert-OH is 1. The van der Waals surface area contributed by atoms with Crippen LogP contribution in [0.4, 0.5) is 0 Å². The van der Waals surface area contributed by atoms with Crippen molar-refractivity contribution in [3.63, 3.8) is 0 Å². The van der Waals surface area contributed by atoms with Gasteiger partial charge in [-0.2, -0.15) is 0 Å². The number of aliphatic hydroxyl groups is 1. The van der Waals surface area contributed by atoms with E-state index in [0.717, 1.165) is 13.0 Å². The van der Waals surface area contributed by atoms with E-state index in [9.17, 15) is 0 Å². The molecule has 0 bridgehead atoms. The molecule has 1 rings (SSSR count). The van der Waals surface area contributed by atoms with Crippen LogP contribution in [0.5, 0.6) is 0 Å². The monoisotopic (exact) mass is 172 g/mol. The van der Waals surface area contributed by atoms with Crippen LogP contribution in [0.15, 0.2) is 0 Å². The first-order chi connectivity index (χ1) is 5.61. The molecule has 3 nitrogen and oxygen atoms in total. The molecule has 1 heterocycles. The molecule has 0 aromatic rings. The molecule has 1 aliphatic heterocycles. The van der Waals surface area contributed by atoms with Crippen LogP contribution in [0.2, 0.25) is 0 Å². The Morgan fingerprint density at radius 2 is 2.25 bits per heavy atom. The molecule has 1 fully saturated rings. The lowest BCUT2D eigenvalue weighted by molar-refractivity contribution is 0.0741. The Bertz CT molecular complexity index is 147. The molecule has 0 aliphatic carbocycles. The van der Waals surface area contributed by atoms with Crippen molar-refractivity contribution in [1.82, 2.24) is 4.90 Å². The normalized spacial score (nSPS) is 26.5. The van der Waals surface area contributed by atoms with E-state index in [1.807, 2.05) is 0 Å². The summed E-state index contributed by atoms with van der Waals surface area (Å²) in [5, 5.41) is 9.11. The molecule has 0 amide bonds. The van der Waals surface area contributed by atoms with Crippen LogP contribution >= 0.6 is 0 Å². The zero-order valence-electron chi connectivity index (χ0n) is 8.08. The molecule has 0 aromatic carbocycles. The van der Waals surface area contributed by atoms with Crippen molar-refractivity contribution < 1.29 is 5.11 Å². The summed E-state index contributed by atoms with van der Waals surface area (Å²) in [6, 6.07) is 0.337. The van der Waals surface area contributed by atoms with Crippen LogP contribution in [0.1, 0.15) is 26.7 Å². The highest BCUT2D eigenvalue weighted by Crippen LogP contribution is 2.25. The standard InChI is InChI=1S/C9H20N2O/c1-9(2,7-10)11-5-3-4-8(11)6-12/h8,12H,3-7,10H2,1-2H3. The predicted molar refractivity (Wildman–Crippen MR) is 49.9 cm³/mol. The van der Waals surface area contributed by atoms with Gasteiger partial charge in [0.1, 0.15) is 0 Å². The van der Waals surface area contributed by atoms with E-state index in [2.05, 4.69) is 18.7 Å². The van der Waals surface area contributed by atoms with E-state index >= 15 is 0 Å². The summed E-state index contributed by atoms with van der Waals surface area (Å²) in [5.74, 6) is 0. The minimum Gasteiger partial charge on any atom is -0.395 e. The average molecular weight is 172 g/mol. The number of nitrogens with zero attached hydrogens (tertiary/aromatic N) is 1. The summed E-state index contributed by atoms with van der Waals surface area (Å²) in [7, 11) is 0. The van der Waals surface area contributed by atoms with E-state index < -0.39 is 0 Å². The quantitative estimate of drug-likeness (QED) is 0.638. The maximum Gasteiger partial charge on any atom is 0.0587 e. The molecule has 1 atom stereocenters. The molecule has 1 saturated heterocycles. The summed E-state index contributed by atoms with van der Waals surface area (Å²) in [4.78, 5) is 2.33. The van der Waals surface area contributed by atoms with Crippen LogP contribution in [0.3, 0.4) is 0 Å². The second-order valence-electron chi connectivity index (χ2n) is 4.19. The zero-order chi connectivity index (χ0) is 9.19. The minimum atomic E-state index is 0.0455. The van der Waals surface area contributed by atoms with Gasteiger partial charge in [0.05, 0.1) is 6.61 Å². The van der Waals surface area contributed by atoms with Gasteiger partial charge in [0.25, 0.3) is 0 Å². The van der Waals surface area contributed by atoms with Gasteiger partial charge in [-0.15, -0.1) is 0 Å². The van der Waals surface area contributed by atoms with Crippen LogP contribution in [0, 0.1) is 0 Å². The topological polar surface area (TPSA) is 49.5 Å². The van der Waals surface area contributed by atoms with Crippen molar-refractivity contribution >= 4 is 0 Å². The first-order valence-corrected chi connectivity index (χ1v) is 4.69. The van der Waals surface area contributed by atoms with Gasteiger partial charge in [0, 0.05) is 18.1 Å². The molecule has 72 valence electrons. The second kappa shape index (κ2) is 3.73. The van der Waals surface area contributed by atoms with Crippen LogP contribution in [-0.4, -0.2) is 41.3 Å². The van der Waals surface area contributed by atoms with Crippen LogP contribution in [0.25, 0.3) is 0 Å². The fourth-order valence-electron chi connectivity index (χ4n) is 1.94. The Hall–Kier alpha value is -0.120. The van der Waals surface area contributed by atoms with Gasteiger partial charge in [-0.1, -0.05) is 0 Å². The fourth-order valence-corrected chi connectivity index (χ4v) is 1.94. The van der Waals surface area contributed by atoms with Crippen molar-refractivity contribution in [2.75, 3.05) is 19.7 Å². The van der Waals surface area contributed by atoms with Crippen LogP contribution < -0.4 is 5.73 Å². The minimum absolute atomic E-state index is 0.0455. The van der Waals surface area contributed by atoms with E-state index in [0.29, 0.717) is 12.6 Å². The van der Waals surface area contributed by atoms with Gasteiger partial charge >= 0.3 is 0 Å². The summed E-state index contributed by atoms with van der Waals surface area (Å²) in [6.45, 7) is 6.28. The zero-order valence-corrected chi connectivity index (χ0v) is 8.08. The van der Waals surface area contributed by atoms with E-state index in [1.165, 1.54) is 6.42 Å². The lowest BCUT2D eigenvalue weighted by Crippen LogP contribution is -2.52. The van der Waals surface area contributed by atoms with Crippen molar-refractivity contribution in [3.8, 4) is 0 Å². The van der Waals surface area contributed by atoms with Gasteiger partial charge in [-0.05, 0) is 33.2 Å². The predicted octanol–water partition coefficient (Wildman–Crippen LogP) is 0.180. The molecule has 1 unspecified atom stereocenters. The highest BCUT2D eigenvalue weighted by Gasteiger charge is 2.34. The van der Waals surface area contributed by atoms with Gasteiger partial charge in [-0.25, -0.2) is 0 Å². The second-order valence-corrected chi connectivity index (χ2v) is 4.19. The third kappa shape index (κ3) is 1.79. The van der Waals surface area contributed by atoms with Gasteiger partial charge < -0.3 is 10.8 Å². The SMILES string of the molecule is CC(C)(CN)N1CCCC1CO. The van der Waals surface area contributed by atoms with Crippen molar-refractivity contribution in [2.24, 2.45) is 5.73 Å². The molecule has 0 spiro atoms. The fraction of sp³-hybridized carbons (Fsp3) is 1.00. The molecular weight excluding hydrogens is 152 g/mol. The first kappa shape index (κ1) is 9.96. The highest BCUT2D eigenvalue weighted by molar-refractivity contribution is 4.91. The van der Waals surface area contributed by atoms with E-state index in [-0.39, 0.29) is 12.1 Å². The van der Waals surface area contributed by atoms with Crippen LogP contribution in [-0.2, 0) is 0 Å². The molecule has 1 aliphatic rings. The summed E-state index contributed by atoms with van der Waals surface area (Å²) < 4.78 is 0. The molecule has 0 saturated carbocycles. The number of rotatable bonds is 3. The number of nitrogens with two attached hydrogens (primary N) is 1. The Morgan fingerprint density at radius 3 is 2.75 bits per heavy atom. The molecular formula is C9H20N2O. The van der Waals surface area contributed by atoms with Crippen molar-refractivity contribution in [2.45, 2.75) is 38.3 Å². The molecule has 12 heavy (non-hydrogen) atoms. The number of hydrogen-bond acceptors (Lipinski definition) is 3. The lowest BCUT2D eigenvalue weighted by atomic mass is 10.0. The smallest absolute Gasteiger partial charge is 0.0587 e. The van der Waals surface area contributed by atoms with Gasteiger partial charge in [-0.3, -0.25) is 4.90 Å². The Kier molecular flexibility index (Phi) is 3.09. The lowest BCUT2D eigenvalue weighted by Gasteiger charge is -2.38. The Labute approximate surface area is 74.5 Å². The maximum atomic E-state index is 9.11. The molecule has 0 aromatic heterocycles. The number of hydrogen-bond donors (Lipinski definition) is 2. The van der Waals surface area contributed by atoms with Gasteiger partial charge in [0.2, 0.25) is 0 Å². The highest BCUT2D eigenvalue weighted by atomic mass is 16.3. The Balaban J connectivity index is 2.60. The van der Waals surface area contributed by atoms with Crippen molar-refractivity contribution in [1.29, 1.82) is 0 Å². The largest absolute Gasteiger partial charge is 0.395 e. The maximum absolute atomic E-state index is 9.11. The van der Waals surface area contributed by atoms with E-state index in [1.54, 1.807) is 0 Å². The Morgan fingerprint density at radius 1 is 1.58 bits per heavy atom. The van der Waals surface area contributed by atoms with Gasteiger partial charge in [0.15, 0.2) is 0 Å². The molecule has 0 radical (unpaired) electrons. The third-order valence-corrected chi connectivity index (χ3v) is 2.86. The van der Waals surface area contributed by atoms with Crippen molar-refractivity contribution in [3.05, 3.63) is 0 Å². The third-order valence-electron chi connectivity index (χ3n) is 2.86. The average Bonchev–Trinajstić information content (AvgIpc) is 2.52. The molecule has 3 heteroatoms.